The van der Waals surface area contributed by atoms with Gasteiger partial charge in [-0.1, -0.05) is 6.92 Å². The maximum Gasteiger partial charge on any atom is 0.410 e. The number of ether oxygens (including phenoxy) is 1. The molecule has 1 amide bonds. The average Bonchev–Trinajstić information content (AvgIpc) is 3.01. The van der Waals surface area contributed by atoms with Crippen LogP contribution in [0.4, 0.5) is 4.79 Å². The van der Waals surface area contributed by atoms with Gasteiger partial charge in [-0.05, 0) is 56.0 Å². The second-order valence-electron chi connectivity index (χ2n) is 7.17. The van der Waals surface area contributed by atoms with Gasteiger partial charge in [0.25, 0.3) is 0 Å². The highest BCUT2D eigenvalue weighted by atomic mass is 127. The molecule has 0 bridgehead atoms. The Morgan fingerprint density at radius 3 is 2.62 bits per heavy atom. The average molecular weight is 496 g/mol. The van der Waals surface area contributed by atoms with E-state index < -0.39 is 5.60 Å². The van der Waals surface area contributed by atoms with Crippen molar-refractivity contribution in [1.82, 2.24) is 15.5 Å². The molecule has 26 heavy (non-hydrogen) atoms. The molecule has 0 aromatic carbocycles. The zero-order valence-corrected chi connectivity index (χ0v) is 19.8. The minimum atomic E-state index is -0.473. The van der Waals surface area contributed by atoms with Crippen molar-refractivity contribution in [2.24, 2.45) is 10.9 Å². The Bertz CT molecular complexity index is 544. The fourth-order valence-corrected chi connectivity index (χ4v) is 2.77. The van der Waals surface area contributed by atoms with E-state index in [9.17, 15) is 4.79 Å². The van der Waals surface area contributed by atoms with Crippen molar-refractivity contribution in [3.8, 4) is 0 Å². The molecule has 1 heterocycles. The van der Waals surface area contributed by atoms with Crippen LogP contribution in [0.1, 0.15) is 40.2 Å². The number of aliphatic imine (C=N–C) groups is 1. The lowest BCUT2D eigenvalue weighted by Gasteiger charge is -2.26. The highest BCUT2D eigenvalue weighted by Crippen LogP contribution is 2.10. The number of nitrogens with zero attached hydrogens (tertiary/aromatic N) is 2. The first kappa shape index (κ1) is 25.0. The molecule has 0 spiro atoms. The van der Waals surface area contributed by atoms with Gasteiger partial charge < -0.3 is 20.3 Å². The second kappa shape index (κ2) is 12.4. The van der Waals surface area contributed by atoms with Gasteiger partial charge in [-0.15, -0.1) is 24.0 Å². The summed E-state index contributed by atoms with van der Waals surface area (Å²) in [4.78, 5) is 18.2. The van der Waals surface area contributed by atoms with E-state index in [1.165, 1.54) is 5.56 Å². The minimum absolute atomic E-state index is 0. The zero-order valence-electron chi connectivity index (χ0n) is 16.7. The predicted octanol–water partition coefficient (Wildman–Crippen LogP) is 3.92. The summed E-state index contributed by atoms with van der Waals surface area (Å²) in [6.45, 7) is 12.6. The zero-order chi connectivity index (χ0) is 18.9. The van der Waals surface area contributed by atoms with Crippen LogP contribution in [0, 0.1) is 5.92 Å². The summed E-state index contributed by atoms with van der Waals surface area (Å²) in [7, 11) is 1.76. The third-order valence-corrected chi connectivity index (χ3v) is 3.98. The summed E-state index contributed by atoms with van der Waals surface area (Å²) in [6, 6.07) is 2.08. The van der Waals surface area contributed by atoms with Gasteiger partial charge in [0.05, 0.1) is 6.54 Å². The van der Waals surface area contributed by atoms with Gasteiger partial charge in [-0.3, -0.25) is 0 Å². The van der Waals surface area contributed by atoms with Crippen LogP contribution in [0.15, 0.2) is 21.8 Å². The molecule has 150 valence electrons. The SMILES string of the molecule is CCNC(=NCc1ccsc1)NCC(C)CN(C)C(=O)OC(C)(C)C.I. The highest BCUT2D eigenvalue weighted by molar-refractivity contribution is 14.0. The number of hydrogen-bond donors (Lipinski definition) is 2. The van der Waals surface area contributed by atoms with Crippen molar-refractivity contribution in [1.29, 1.82) is 0 Å². The molecular weight excluding hydrogens is 463 g/mol. The Labute approximate surface area is 178 Å². The van der Waals surface area contributed by atoms with Crippen molar-refractivity contribution in [2.45, 2.75) is 46.8 Å². The van der Waals surface area contributed by atoms with Gasteiger partial charge in [0.15, 0.2) is 5.96 Å². The summed E-state index contributed by atoms with van der Waals surface area (Å²) in [5.74, 6) is 1.06. The van der Waals surface area contributed by atoms with Gasteiger partial charge in [0, 0.05) is 26.7 Å². The van der Waals surface area contributed by atoms with E-state index in [0.29, 0.717) is 13.1 Å². The molecule has 6 nitrogen and oxygen atoms in total. The number of nitrogens with one attached hydrogen (secondary N) is 2. The molecule has 0 radical (unpaired) electrons. The van der Waals surface area contributed by atoms with Crippen molar-refractivity contribution in [3.05, 3.63) is 22.4 Å². The molecule has 0 aliphatic carbocycles. The van der Waals surface area contributed by atoms with Crippen LogP contribution in [0.5, 0.6) is 0 Å². The summed E-state index contributed by atoms with van der Waals surface area (Å²) in [5, 5.41) is 10.7. The minimum Gasteiger partial charge on any atom is -0.444 e. The van der Waals surface area contributed by atoms with Gasteiger partial charge in [0.2, 0.25) is 0 Å². The molecule has 2 N–H and O–H groups in total. The van der Waals surface area contributed by atoms with E-state index >= 15 is 0 Å². The van der Waals surface area contributed by atoms with Gasteiger partial charge in [-0.25, -0.2) is 9.79 Å². The molecule has 1 aromatic heterocycles. The number of guanidine groups is 1. The quantitative estimate of drug-likeness (QED) is 0.341. The van der Waals surface area contributed by atoms with E-state index in [0.717, 1.165) is 19.0 Å². The smallest absolute Gasteiger partial charge is 0.410 e. The Kier molecular flexibility index (Phi) is 11.9. The summed E-state index contributed by atoms with van der Waals surface area (Å²) < 4.78 is 5.38. The Hall–Kier alpha value is -1.03. The monoisotopic (exact) mass is 496 g/mol. The van der Waals surface area contributed by atoms with E-state index in [4.69, 9.17) is 4.74 Å². The van der Waals surface area contributed by atoms with Gasteiger partial charge in [0.1, 0.15) is 5.60 Å². The number of thiophene rings is 1. The fraction of sp³-hybridized carbons (Fsp3) is 0.667. The largest absolute Gasteiger partial charge is 0.444 e. The van der Waals surface area contributed by atoms with E-state index in [1.54, 1.807) is 23.3 Å². The number of carbonyl (C=O) groups is 1. The molecule has 1 atom stereocenters. The molecule has 0 saturated heterocycles. The van der Waals surface area contributed by atoms with E-state index in [-0.39, 0.29) is 36.0 Å². The van der Waals surface area contributed by atoms with Crippen LogP contribution in [-0.4, -0.2) is 49.2 Å². The topological polar surface area (TPSA) is 66.0 Å². The molecule has 1 unspecified atom stereocenters. The molecule has 0 saturated carbocycles. The number of rotatable bonds is 7. The number of carbonyl (C=O) groups excluding carboxylic acids is 1. The standard InChI is InChI=1S/C18H32N4O2S.HI/c1-7-19-16(21-11-15-8-9-25-13-15)20-10-14(2)12-22(6)17(23)24-18(3,4)5;/h8-9,13-14H,7,10-12H2,1-6H3,(H2,19,20,21);1H. The number of halogens is 1. The first-order valence-electron chi connectivity index (χ1n) is 8.68. The molecule has 8 heteroatoms. The van der Waals surface area contributed by atoms with E-state index in [1.807, 2.05) is 27.7 Å². The Morgan fingerprint density at radius 2 is 2.08 bits per heavy atom. The van der Waals surface area contributed by atoms with Gasteiger partial charge >= 0.3 is 6.09 Å². The van der Waals surface area contributed by atoms with Crippen molar-refractivity contribution >= 4 is 47.4 Å². The van der Waals surface area contributed by atoms with Crippen LogP contribution in [0.25, 0.3) is 0 Å². The third-order valence-electron chi connectivity index (χ3n) is 3.25. The summed E-state index contributed by atoms with van der Waals surface area (Å²) >= 11 is 1.68. The normalized spacial score (nSPS) is 12.8. The fourth-order valence-electron chi connectivity index (χ4n) is 2.11. The highest BCUT2D eigenvalue weighted by Gasteiger charge is 2.20. The summed E-state index contributed by atoms with van der Waals surface area (Å²) in [6.07, 6.45) is -0.294. The summed E-state index contributed by atoms with van der Waals surface area (Å²) in [5.41, 5.74) is 0.735. The molecule has 0 fully saturated rings. The van der Waals surface area contributed by atoms with Crippen molar-refractivity contribution in [3.63, 3.8) is 0 Å². The lowest BCUT2D eigenvalue weighted by Crippen LogP contribution is -2.42. The maximum atomic E-state index is 12.0. The molecule has 0 aliphatic heterocycles. The predicted molar refractivity (Wildman–Crippen MR) is 121 cm³/mol. The number of amides is 1. The van der Waals surface area contributed by atoms with Crippen molar-refractivity contribution in [2.75, 3.05) is 26.7 Å². The van der Waals surface area contributed by atoms with Crippen LogP contribution >= 0.6 is 35.3 Å². The second-order valence-corrected chi connectivity index (χ2v) is 7.95. The third kappa shape index (κ3) is 10.8. The Morgan fingerprint density at radius 1 is 1.38 bits per heavy atom. The van der Waals surface area contributed by atoms with Crippen LogP contribution in [0.2, 0.25) is 0 Å². The Balaban J connectivity index is 0.00000625. The lowest BCUT2D eigenvalue weighted by molar-refractivity contribution is 0.0278. The molecule has 0 aliphatic rings. The van der Waals surface area contributed by atoms with Crippen LogP contribution in [-0.2, 0) is 11.3 Å². The first-order valence-corrected chi connectivity index (χ1v) is 9.63. The number of hydrogen-bond acceptors (Lipinski definition) is 4. The van der Waals surface area contributed by atoms with Crippen LogP contribution < -0.4 is 10.6 Å². The van der Waals surface area contributed by atoms with E-state index in [2.05, 4.69) is 39.4 Å². The lowest BCUT2D eigenvalue weighted by atomic mass is 10.1. The first-order chi connectivity index (χ1) is 11.7. The molecular formula is C18H33IN4O2S. The van der Waals surface area contributed by atoms with Gasteiger partial charge in [-0.2, -0.15) is 11.3 Å². The molecule has 1 rings (SSSR count). The maximum absolute atomic E-state index is 12.0. The van der Waals surface area contributed by atoms with Crippen LogP contribution in [0.3, 0.4) is 0 Å². The van der Waals surface area contributed by atoms with Crippen molar-refractivity contribution < 1.29 is 9.53 Å². The molecule has 1 aromatic rings.